The van der Waals surface area contributed by atoms with Crippen molar-refractivity contribution in [1.82, 2.24) is 0 Å². The summed E-state index contributed by atoms with van der Waals surface area (Å²) in [5, 5.41) is 4.88. The van der Waals surface area contributed by atoms with Gasteiger partial charge in [-0.15, -0.1) is 0 Å². The van der Waals surface area contributed by atoms with Crippen LogP contribution >= 0.6 is 0 Å². The van der Waals surface area contributed by atoms with Crippen LogP contribution in [0.15, 0.2) is 243 Å². The van der Waals surface area contributed by atoms with Gasteiger partial charge >= 0.3 is 0 Å². The summed E-state index contributed by atoms with van der Waals surface area (Å²) in [6.07, 6.45) is 0. The molecule has 0 amide bonds. The van der Waals surface area contributed by atoms with E-state index in [1.807, 2.05) is 0 Å². The first-order valence-corrected chi connectivity index (χ1v) is 24.6. The minimum atomic E-state index is -0.152. The summed E-state index contributed by atoms with van der Waals surface area (Å²) in [5.41, 5.74) is 21.8. The molecule has 0 unspecified atom stereocenters. The SMILES string of the molecule is CC1(C)c2ccccc2-c2ccc(N(c3ccc(N(c4ccc5c(c4)C(C)(C)c4ccccc4-5)c4cc(-c5ccccc5)c5ccccc5c4)cc3)c3cc(-c4ccccc4)c4ccccc4c3)cc21. The standard InChI is InChI=1S/C68H52N2/c1-67(2)63-29-17-15-27-57(63)59-37-35-51(43-65(59)67)69(53-39-47-23-11-13-25-55(47)61(41-53)45-19-7-5-8-20-45)49-31-33-50(34-32-49)70(52-36-38-60-58-28-16-18-30-64(58)68(3,4)66(60)44-52)54-40-48-24-12-14-26-56(48)62(42-54)46-21-9-6-10-22-46/h5-44H,1-4H3. The largest absolute Gasteiger partial charge is 0.310 e. The molecule has 0 atom stereocenters. The molecule has 0 bridgehead atoms. The fourth-order valence-corrected chi connectivity index (χ4v) is 11.9. The summed E-state index contributed by atoms with van der Waals surface area (Å²) < 4.78 is 0. The molecule has 11 aromatic rings. The first kappa shape index (κ1) is 41.7. The van der Waals surface area contributed by atoms with Crippen LogP contribution in [0.4, 0.5) is 34.1 Å². The van der Waals surface area contributed by atoms with E-state index >= 15 is 0 Å². The summed E-state index contributed by atoms with van der Waals surface area (Å²) in [7, 11) is 0. The summed E-state index contributed by atoms with van der Waals surface area (Å²) in [6.45, 7) is 9.47. The highest BCUT2D eigenvalue weighted by Gasteiger charge is 2.37. The zero-order chi connectivity index (χ0) is 47.1. The second-order valence-corrected chi connectivity index (χ2v) is 20.1. The van der Waals surface area contributed by atoms with Crippen molar-refractivity contribution in [2.45, 2.75) is 38.5 Å². The molecular formula is C68H52N2. The van der Waals surface area contributed by atoms with Crippen LogP contribution in [-0.2, 0) is 10.8 Å². The molecule has 0 aliphatic heterocycles. The first-order valence-electron chi connectivity index (χ1n) is 24.6. The number of benzene rings is 11. The normalized spacial score (nSPS) is 13.7. The van der Waals surface area contributed by atoms with E-state index in [0.29, 0.717) is 0 Å². The van der Waals surface area contributed by atoms with Crippen molar-refractivity contribution in [3.63, 3.8) is 0 Å². The highest BCUT2D eigenvalue weighted by atomic mass is 15.2. The molecule has 334 valence electrons. The van der Waals surface area contributed by atoms with Gasteiger partial charge in [-0.3, -0.25) is 0 Å². The van der Waals surface area contributed by atoms with Crippen LogP contribution in [0.3, 0.4) is 0 Å². The number of rotatable bonds is 8. The Morgan fingerprint density at radius 1 is 0.243 bits per heavy atom. The Bertz CT molecular complexity index is 3570. The topological polar surface area (TPSA) is 6.48 Å². The Morgan fingerprint density at radius 3 is 1.01 bits per heavy atom. The van der Waals surface area contributed by atoms with Gasteiger partial charge < -0.3 is 9.80 Å². The van der Waals surface area contributed by atoms with Crippen molar-refractivity contribution < 1.29 is 0 Å². The summed E-state index contributed by atoms with van der Waals surface area (Å²) >= 11 is 0. The molecule has 0 heterocycles. The lowest BCUT2D eigenvalue weighted by atomic mass is 9.82. The van der Waals surface area contributed by atoms with Crippen molar-refractivity contribution >= 4 is 55.7 Å². The molecular weight excluding hydrogens is 845 g/mol. The Morgan fingerprint density at radius 2 is 0.586 bits per heavy atom. The molecule has 2 aliphatic rings. The predicted molar refractivity (Wildman–Crippen MR) is 297 cm³/mol. The van der Waals surface area contributed by atoms with E-state index in [1.54, 1.807) is 0 Å². The molecule has 0 saturated carbocycles. The van der Waals surface area contributed by atoms with E-state index in [9.17, 15) is 0 Å². The van der Waals surface area contributed by atoms with Gasteiger partial charge in [-0.05, 0) is 161 Å². The van der Waals surface area contributed by atoms with Gasteiger partial charge in [0.25, 0.3) is 0 Å². The average Bonchev–Trinajstić information content (AvgIpc) is 3.78. The Balaban J connectivity index is 1.01. The number of hydrogen-bond donors (Lipinski definition) is 0. The van der Waals surface area contributed by atoms with E-state index < -0.39 is 0 Å². The molecule has 2 aliphatic carbocycles. The van der Waals surface area contributed by atoms with Crippen LogP contribution in [0.5, 0.6) is 0 Å². The first-order chi connectivity index (χ1) is 34.2. The zero-order valence-corrected chi connectivity index (χ0v) is 40.0. The maximum atomic E-state index is 2.46. The summed E-state index contributed by atoms with van der Waals surface area (Å²) in [5.74, 6) is 0. The lowest BCUT2D eigenvalue weighted by molar-refractivity contribution is 0.660. The molecule has 0 saturated heterocycles. The fourth-order valence-electron chi connectivity index (χ4n) is 11.9. The number of anilines is 6. The van der Waals surface area contributed by atoms with E-state index in [-0.39, 0.29) is 10.8 Å². The maximum absolute atomic E-state index is 2.46. The molecule has 11 aromatic carbocycles. The molecule has 2 heteroatoms. The third kappa shape index (κ3) is 6.62. The molecule has 0 spiro atoms. The van der Waals surface area contributed by atoms with Gasteiger partial charge in [-0.2, -0.15) is 0 Å². The molecule has 70 heavy (non-hydrogen) atoms. The lowest BCUT2D eigenvalue weighted by Gasteiger charge is -2.31. The quantitative estimate of drug-likeness (QED) is 0.150. The van der Waals surface area contributed by atoms with Gasteiger partial charge in [0, 0.05) is 45.0 Å². The maximum Gasteiger partial charge on any atom is 0.0474 e. The van der Waals surface area contributed by atoms with E-state index in [0.717, 1.165) is 34.1 Å². The Hall–Kier alpha value is -8.46. The highest BCUT2D eigenvalue weighted by Crippen LogP contribution is 2.53. The third-order valence-corrected chi connectivity index (χ3v) is 15.4. The monoisotopic (exact) mass is 896 g/mol. The van der Waals surface area contributed by atoms with E-state index in [1.165, 1.54) is 88.3 Å². The fraction of sp³-hybridized carbons (Fsp3) is 0.0882. The van der Waals surface area contributed by atoms with E-state index in [2.05, 4.69) is 280 Å². The second-order valence-electron chi connectivity index (χ2n) is 20.1. The van der Waals surface area contributed by atoms with Gasteiger partial charge in [0.05, 0.1) is 0 Å². The summed E-state index contributed by atoms with van der Waals surface area (Å²) in [4.78, 5) is 4.93. The minimum absolute atomic E-state index is 0.152. The number of hydrogen-bond acceptors (Lipinski definition) is 2. The zero-order valence-electron chi connectivity index (χ0n) is 40.0. The minimum Gasteiger partial charge on any atom is -0.310 e. The second kappa shape index (κ2) is 16.1. The Labute approximate surface area is 411 Å². The van der Waals surface area contributed by atoms with Gasteiger partial charge in [0.1, 0.15) is 0 Å². The van der Waals surface area contributed by atoms with Crippen molar-refractivity contribution in [2.75, 3.05) is 9.80 Å². The van der Waals surface area contributed by atoms with Crippen LogP contribution < -0.4 is 9.80 Å². The highest BCUT2D eigenvalue weighted by molar-refractivity contribution is 6.03. The van der Waals surface area contributed by atoms with Crippen LogP contribution in [0.25, 0.3) is 66.1 Å². The average molecular weight is 897 g/mol. The van der Waals surface area contributed by atoms with E-state index in [4.69, 9.17) is 0 Å². The third-order valence-electron chi connectivity index (χ3n) is 15.4. The predicted octanol–water partition coefficient (Wildman–Crippen LogP) is 18.9. The molecule has 0 fully saturated rings. The number of nitrogens with zero attached hydrogens (tertiary/aromatic N) is 2. The van der Waals surface area contributed by atoms with Gasteiger partial charge in [0.15, 0.2) is 0 Å². The van der Waals surface area contributed by atoms with Crippen molar-refractivity contribution in [3.8, 4) is 44.5 Å². The van der Waals surface area contributed by atoms with Crippen molar-refractivity contribution in [3.05, 3.63) is 265 Å². The lowest BCUT2D eigenvalue weighted by Crippen LogP contribution is -2.17. The van der Waals surface area contributed by atoms with Crippen LogP contribution in [0.1, 0.15) is 49.9 Å². The van der Waals surface area contributed by atoms with Gasteiger partial charge in [-0.25, -0.2) is 0 Å². The van der Waals surface area contributed by atoms with Crippen LogP contribution in [0.2, 0.25) is 0 Å². The number of fused-ring (bicyclic) bond motifs is 8. The smallest absolute Gasteiger partial charge is 0.0474 e. The molecule has 13 rings (SSSR count). The molecule has 0 radical (unpaired) electrons. The van der Waals surface area contributed by atoms with Gasteiger partial charge in [0.2, 0.25) is 0 Å². The van der Waals surface area contributed by atoms with Gasteiger partial charge in [-0.1, -0.05) is 198 Å². The van der Waals surface area contributed by atoms with Crippen molar-refractivity contribution in [1.29, 1.82) is 0 Å². The van der Waals surface area contributed by atoms with Crippen molar-refractivity contribution in [2.24, 2.45) is 0 Å². The molecule has 0 N–H and O–H groups in total. The van der Waals surface area contributed by atoms with Crippen LogP contribution in [0, 0.1) is 0 Å². The van der Waals surface area contributed by atoms with Crippen LogP contribution in [-0.4, -0.2) is 0 Å². The Kier molecular flexibility index (Phi) is 9.58. The summed E-state index contributed by atoms with van der Waals surface area (Å²) in [6, 6.07) is 90.0. The molecule has 2 nitrogen and oxygen atoms in total. The molecule has 0 aromatic heterocycles.